The Bertz CT molecular complexity index is 422. The molecule has 1 heterocycles. The van der Waals surface area contributed by atoms with Crippen molar-refractivity contribution in [3.8, 4) is 0 Å². The molecular formula is C14H28N2O3S. The SMILES string of the molecule is CC1CC(C)CN(S(=O)(=O)N(C)CC2(O)CCCC2)C1. The minimum atomic E-state index is -3.45. The first kappa shape index (κ1) is 16.2. The van der Waals surface area contributed by atoms with E-state index in [9.17, 15) is 13.5 Å². The molecule has 20 heavy (non-hydrogen) atoms. The van der Waals surface area contributed by atoms with E-state index in [1.54, 1.807) is 11.4 Å². The molecule has 0 aromatic rings. The van der Waals surface area contributed by atoms with Gasteiger partial charge in [0.2, 0.25) is 0 Å². The van der Waals surface area contributed by atoms with Gasteiger partial charge in [0.05, 0.1) is 5.60 Å². The van der Waals surface area contributed by atoms with Crippen LogP contribution < -0.4 is 0 Å². The molecule has 1 saturated heterocycles. The monoisotopic (exact) mass is 304 g/mol. The van der Waals surface area contributed by atoms with Crippen LogP contribution in [0.25, 0.3) is 0 Å². The molecule has 0 bridgehead atoms. The molecule has 0 aromatic carbocycles. The van der Waals surface area contributed by atoms with E-state index in [0.717, 1.165) is 19.3 Å². The Balaban J connectivity index is 2.05. The summed E-state index contributed by atoms with van der Waals surface area (Å²) < 4.78 is 28.2. The van der Waals surface area contributed by atoms with Crippen molar-refractivity contribution in [2.75, 3.05) is 26.7 Å². The average Bonchev–Trinajstić information content (AvgIpc) is 2.74. The van der Waals surface area contributed by atoms with E-state index in [-0.39, 0.29) is 6.54 Å². The Hall–Kier alpha value is -0.170. The van der Waals surface area contributed by atoms with Crippen molar-refractivity contribution in [3.63, 3.8) is 0 Å². The zero-order valence-electron chi connectivity index (χ0n) is 12.9. The molecule has 0 aromatic heterocycles. The summed E-state index contributed by atoms with van der Waals surface area (Å²) in [5.41, 5.74) is -0.825. The fourth-order valence-corrected chi connectivity index (χ4v) is 5.36. The topological polar surface area (TPSA) is 60.9 Å². The molecule has 0 spiro atoms. The van der Waals surface area contributed by atoms with Gasteiger partial charge in [-0.25, -0.2) is 0 Å². The van der Waals surface area contributed by atoms with Gasteiger partial charge in [-0.1, -0.05) is 26.7 Å². The van der Waals surface area contributed by atoms with Crippen molar-refractivity contribution >= 4 is 10.2 Å². The van der Waals surface area contributed by atoms with Gasteiger partial charge in [-0.3, -0.25) is 0 Å². The Morgan fingerprint density at radius 1 is 1.20 bits per heavy atom. The molecule has 0 radical (unpaired) electrons. The lowest BCUT2D eigenvalue weighted by Gasteiger charge is -2.37. The molecule has 118 valence electrons. The summed E-state index contributed by atoms with van der Waals surface area (Å²) in [5.74, 6) is 0.799. The summed E-state index contributed by atoms with van der Waals surface area (Å²) in [6, 6.07) is 0. The standard InChI is InChI=1S/C14H28N2O3S/c1-12-8-13(2)10-16(9-12)20(18,19)15(3)11-14(17)6-4-5-7-14/h12-13,17H,4-11H2,1-3H3. The molecule has 2 aliphatic rings. The van der Waals surface area contributed by atoms with Crippen molar-refractivity contribution in [2.24, 2.45) is 11.8 Å². The van der Waals surface area contributed by atoms with Crippen molar-refractivity contribution in [1.82, 2.24) is 8.61 Å². The molecule has 6 heteroatoms. The predicted molar refractivity (Wildman–Crippen MR) is 79.5 cm³/mol. The first-order chi connectivity index (χ1) is 9.23. The highest BCUT2D eigenvalue weighted by atomic mass is 32.2. The molecule has 0 amide bonds. The minimum Gasteiger partial charge on any atom is -0.389 e. The van der Waals surface area contributed by atoms with Crippen LogP contribution in [0.2, 0.25) is 0 Å². The van der Waals surface area contributed by atoms with Crippen LogP contribution in [0.5, 0.6) is 0 Å². The first-order valence-electron chi connectivity index (χ1n) is 7.67. The van der Waals surface area contributed by atoms with E-state index in [1.807, 2.05) is 0 Å². The molecule has 5 nitrogen and oxygen atoms in total. The number of rotatable bonds is 4. The summed E-state index contributed by atoms with van der Waals surface area (Å²) in [6.07, 6.45) is 4.48. The van der Waals surface area contributed by atoms with Gasteiger partial charge in [0.25, 0.3) is 10.2 Å². The second kappa shape index (κ2) is 5.91. The summed E-state index contributed by atoms with van der Waals surface area (Å²) >= 11 is 0. The Labute approximate surface area is 123 Å². The van der Waals surface area contributed by atoms with E-state index in [2.05, 4.69) is 13.8 Å². The van der Waals surface area contributed by atoms with Crippen LogP contribution in [0.4, 0.5) is 0 Å². The largest absolute Gasteiger partial charge is 0.389 e. The summed E-state index contributed by atoms with van der Waals surface area (Å²) in [7, 11) is -1.85. The number of likely N-dealkylation sites (N-methyl/N-ethyl adjacent to an activating group) is 1. The quantitative estimate of drug-likeness (QED) is 0.855. The Kier molecular flexibility index (Phi) is 4.79. The second-order valence-corrected chi connectivity index (χ2v) is 8.99. The third-order valence-electron chi connectivity index (χ3n) is 4.61. The van der Waals surface area contributed by atoms with Gasteiger partial charge in [0.15, 0.2) is 0 Å². The number of piperidine rings is 1. The van der Waals surface area contributed by atoms with Crippen molar-refractivity contribution < 1.29 is 13.5 Å². The van der Waals surface area contributed by atoms with Crippen LogP contribution in [-0.4, -0.2) is 54.4 Å². The maximum absolute atomic E-state index is 12.6. The third kappa shape index (κ3) is 3.53. The zero-order chi connectivity index (χ0) is 15.0. The normalized spacial score (nSPS) is 31.9. The average molecular weight is 304 g/mol. The van der Waals surface area contributed by atoms with Crippen LogP contribution in [0, 0.1) is 11.8 Å². The van der Waals surface area contributed by atoms with E-state index >= 15 is 0 Å². The molecule has 1 aliphatic carbocycles. The number of hydrogen-bond acceptors (Lipinski definition) is 3. The highest BCUT2D eigenvalue weighted by Gasteiger charge is 2.38. The van der Waals surface area contributed by atoms with Gasteiger partial charge >= 0.3 is 0 Å². The van der Waals surface area contributed by atoms with Crippen LogP contribution in [-0.2, 0) is 10.2 Å². The van der Waals surface area contributed by atoms with E-state index in [0.29, 0.717) is 37.8 Å². The van der Waals surface area contributed by atoms with Crippen molar-refractivity contribution in [1.29, 1.82) is 0 Å². The lowest BCUT2D eigenvalue weighted by molar-refractivity contribution is 0.0316. The first-order valence-corrected chi connectivity index (χ1v) is 9.06. The number of nitrogens with zero attached hydrogens (tertiary/aromatic N) is 2. The lowest BCUT2D eigenvalue weighted by Crippen LogP contribution is -2.51. The maximum Gasteiger partial charge on any atom is 0.281 e. The summed E-state index contributed by atoms with van der Waals surface area (Å²) in [4.78, 5) is 0. The van der Waals surface area contributed by atoms with E-state index in [1.165, 1.54) is 4.31 Å². The fraction of sp³-hybridized carbons (Fsp3) is 1.00. The molecule has 2 unspecified atom stereocenters. The van der Waals surface area contributed by atoms with Crippen molar-refractivity contribution in [3.05, 3.63) is 0 Å². The molecule has 1 saturated carbocycles. The van der Waals surface area contributed by atoms with E-state index < -0.39 is 15.8 Å². The summed E-state index contributed by atoms with van der Waals surface area (Å²) in [6.45, 7) is 5.60. The lowest BCUT2D eigenvalue weighted by atomic mass is 9.94. The molecule has 1 N–H and O–H groups in total. The van der Waals surface area contributed by atoms with Crippen LogP contribution >= 0.6 is 0 Å². The molecule has 1 aliphatic heterocycles. The van der Waals surface area contributed by atoms with Gasteiger partial charge in [-0.05, 0) is 31.1 Å². The third-order valence-corrected chi connectivity index (χ3v) is 6.47. The van der Waals surface area contributed by atoms with Gasteiger partial charge in [0.1, 0.15) is 0 Å². The van der Waals surface area contributed by atoms with Crippen molar-refractivity contribution in [2.45, 2.75) is 51.6 Å². The molecular weight excluding hydrogens is 276 g/mol. The smallest absolute Gasteiger partial charge is 0.281 e. The van der Waals surface area contributed by atoms with Crippen LogP contribution in [0.15, 0.2) is 0 Å². The van der Waals surface area contributed by atoms with Gasteiger partial charge in [-0.15, -0.1) is 0 Å². The minimum absolute atomic E-state index is 0.217. The fourth-order valence-electron chi connectivity index (χ4n) is 3.68. The Morgan fingerprint density at radius 2 is 1.70 bits per heavy atom. The number of hydrogen-bond donors (Lipinski definition) is 1. The van der Waals surface area contributed by atoms with Gasteiger partial charge in [-0.2, -0.15) is 17.0 Å². The second-order valence-electron chi connectivity index (χ2n) is 6.96. The molecule has 2 rings (SSSR count). The van der Waals surface area contributed by atoms with Crippen LogP contribution in [0.3, 0.4) is 0 Å². The number of aliphatic hydroxyl groups is 1. The maximum atomic E-state index is 12.6. The van der Waals surface area contributed by atoms with Gasteiger partial charge in [0, 0.05) is 26.7 Å². The van der Waals surface area contributed by atoms with Crippen LogP contribution in [0.1, 0.15) is 46.0 Å². The summed E-state index contributed by atoms with van der Waals surface area (Å²) in [5, 5.41) is 10.4. The zero-order valence-corrected chi connectivity index (χ0v) is 13.7. The Morgan fingerprint density at radius 3 is 2.20 bits per heavy atom. The predicted octanol–water partition coefficient (Wildman–Crippen LogP) is 1.45. The van der Waals surface area contributed by atoms with E-state index in [4.69, 9.17) is 0 Å². The molecule has 2 atom stereocenters. The van der Waals surface area contributed by atoms with Gasteiger partial charge < -0.3 is 5.11 Å². The highest BCUT2D eigenvalue weighted by molar-refractivity contribution is 7.86. The highest BCUT2D eigenvalue weighted by Crippen LogP contribution is 2.31. The molecule has 2 fully saturated rings.